The lowest BCUT2D eigenvalue weighted by molar-refractivity contribution is -0.149. The summed E-state index contributed by atoms with van der Waals surface area (Å²) in [6.45, 7) is 1.66. The second-order valence-corrected chi connectivity index (χ2v) is 4.46. The molecule has 0 aromatic carbocycles. The van der Waals surface area contributed by atoms with E-state index in [0.717, 1.165) is 19.3 Å². The third-order valence-electron chi connectivity index (χ3n) is 3.29. The van der Waals surface area contributed by atoms with Crippen LogP contribution in [-0.2, 0) is 14.3 Å². The molecule has 1 unspecified atom stereocenters. The minimum absolute atomic E-state index is 0.0246. The van der Waals surface area contributed by atoms with Gasteiger partial charge >= 0.3 is 5.97 Å². The number of hydrogen-bond donors (Lipinski definition) is 1. The monoisotopic (exact) mass is 227 g/mol. The number of carboxylic acid groups (broad SMARTS) is 1. The fraction of sp³-hybridized carbons (Fsp3) is 0.818. The Morgan fingerprint density at radius 2 is 2.06 bits per heavy atom. The molecule has 5 nitrogen and oxygen atoms in total. The lowest BCUT2D eigenvalue weighted by Gasteiger charge is -2.32. The van der Waals surface area contributed by atoms with Crippen molar-refractivity contribution in [1.29, 1.82) is 0 Å². The molecule has 2 heterocycles. The first kappa shape index (κ1) is 11.4. The molecule has 2 aliphatic heterocycles. The number of carboxylic acids is 1. The van der Waals surface area contributed by atoms with E-state index in [1.807, 2.05) is 0 Å². The summed E-state index contributed by atoms with van der Waals surface area (Å²) < 4.78 is 5.33. The molecule has 0 aliphatic carbocycles. The van der Waals surface area contributed by atoms with Gasteiger partial charge in [-0.3, -0.25) is 9.59 Å². The molecule has 2 aliphatic rings. The molecule has 0 aromatic rings. The van der Waals surface area contributed by atoms with Crippen LogP contribution in [0.25, 0.3) is 0 Å². The lowest BCUT2D eigenvalue weighted by atomic mass is 9.98. The smallest absolute Gasteiger partial charge is 0.308 e. The van der Waals surface area contributed by atoms with Crippen LogP contribution >= 0.6 is 0 Å². The van der Waals surface area contributed by atoms with Crippen LogP contribution in [0.4, 0.5) is 0 Å². The van der Waals surface area contributed by atoms with Crippen LogP contribution in [0.1, 0.15) is 25.7 Å². The molecule has 0 radical (unpaired) electrons. The van der Waals surface area contributed by atoms with Crippen LogP contribution in [0.5, 0.6) is 0 Å². The number of piperidine rings is 1. The molecule has 2 fully saturated rings. The maximum Gasteiger partial charge on any atom is 0.308 e. The van der Waals surface area contributed by atoms with Crippen LogP contribution in [-0.4, -0.2) is 47.7 Å². The summed E-state index contributed by atoms with van der Waals surface area (Å²) in [4.78, 5) is 24.5. The minimum atomic E-state index is -0.801. The Hall–Kier alpha value is -1.10. The van der Waals surface area contributed by atoms with Crippen molar-refractivity contribution < 1.29 is 19.4 Å². The predicted octanol–water partition coefficient (Wildman–Crippen LogP) is 0.489. The quantitative estimate of drug-likeness (QED) is 0.745. The van der Waals surface area contributed by atoms with E-state index in [0.29, 0.717) is 26.1 Å². The molecule has 0 bridgehead atoms. The van der Waals surface area contributed by atoms with E-state index in [-0.39, 0.29) is 12.0 Å². The van der Waals surface area contributed by atoms with Gasteiger partial charge in [-0.25, -0.2) is 0 Å². The Morgan fingerprint density at radius 3 is 2.69 bits per heavy atom. The van der Waals surface area contributed by atoms with E-state index in [1.165, 1.54) is 0 Å². The second kappa shape index (κ2) is 4.82. The van der Waals surface area contributed by atoms with Gasteiger partial charge in [-0.2, -0.15) is 0 Å². The van der Waals surface area contributed by atoms with Crippen molar-refractivity contribution in [2.24, 2.45) is 5.92 Å². The Morgan fingerprint density at radius 1 is 1.25 bits per heavy atom. The topological polar surface area (TPSA) is 66.8 Å². The molecule has 1 amide bonds. The Labute approximate surface area is 94.4 Å². The largest absolute Gasteiger partial charge is 0.481 e. The highest BCUT2D eigenvalue weighted by molar-refractivity contribution is 5.82. The standard InChI is InChI=1S/C11H17NO4/c13-10(9-4-2-6-16-9)12-5-1-3-8(7-12)11(14)15/h8-9H,1-7H2,(H,14,15)/t8-,9?/m0/s1. The minimum Gasteiger partial charge on any atom is -0.481 e. The maximum absolute atomic E-state index is 12.0. The van der Waals surface area contributed by atoms with Gasteiger partial charge in [0.25, 0.3) is 5.91 Å². The number of amides is 1. The van der Waals surface area contributed by atoms with E-state index in [2.05, 4.69) is 0 Å². The average Bonchev–Trinajstić information content (AvgIpc) is 2.81. The summed E-state index contributed by atoms with van der Waals surface area (Å²) in [5.74, 6) is -1.23. The Kier molecular flexibility index (Phi) is 3.43. The normalized spacial score (nSPS) is 30.4. The molecule has 5 heteroatoms. The van der Waals surface area contributed by atoms with Gasteiger partial charge < -0.3 is 14.7 Å². The number of nitrogens with zero attached hydrogens (tertiary/aromatic N) is 1. The number of carbonyl (C=O) groups is 2. The van der Waals surface area contributed by atoms with Gasteiger partial charge in [0.05, 0.1) is 5.92 Å². The Balaban J connectivity index is 1.93. The number of hydrogen-bond acceptors (Lipinski definition) is 3. The van der Waals surface area contributed by atoms with Crippen LogP contribution in [0.2, 0.25) is 0 Å². The van der Waals surface area contributed by atoms with Gasteiger partial charge in [-0.15, -0.1) is 0 Å². The van der Waals surface area contributed by atoms with E-state index in [9.17, 15) is 9.59 Å². The first-order valence-electron chi connectivity index (χ1n) is 5.81. The van der Waals surface area contributed by atoms with Crippen molar-refractivity contribution in [2.45, 2.75) is 31.8 Å². The van der Waals surface area contributed by atoms with Crippen molar-refractivity contribution in [3.05, 3.63) is 0 Å². The fourth-order valence-corrected chi connectivity index (χ4v) is 2.35. The number of likely N-dealkylation sites (tertiary alicyclic amines) is 1. The highest BCUT2D eigenvalue weighted by Crippen LogP contribution is 2.21. The molecular formula is C11H17NO4. The SMILES string of the molecule is O=C(O)[C@H]1CCCN(C(=O)C2CCCO2)C1. The highest BCUT2D eigenvalue weighted by Gasteiger charge is 2.33. The molecule has 16 heavy (non-hydrogen) atoms. The predicted molar refractivity (Wildman–Crippen MR) is 55.9 cm³/mol. The number of ether oxygens (including phenoxy) is 1. The molecule has 2 rings (SSSR count). The Bertz CT molecular complexity index is 286. The van der Waals surface area contributed by atoms with Crippen LogP contribution in [0.15, 0.2) is 0 Å². The lowest BCUT2D eigenvalue weighted by Crippen LogP contribution is -2.46. The summed E-state index contributed by atoms with van der Waals surface area (Å²) in [5.41, 5.74) is 0. The van der Waals surface area contributed by atoms with Gasteiger partial charge in [0.2, 0.25) is 0 Å². The van der Waals surface area contributed by atoms with Crippen molar-refractivity contribution in [3.8, 4) is 0 Å². The van der Waals surface area contributed by atoms with E-state index in [1.54, 1.807) is 4.90 Å². The van der Waals surface area contributed by atoms with Gasteiger partial charge in [0, 0.05) is 19.7 Å². The summed E-state index contributed by atoms with van der Waals surface area (Å²) in [6.07, 6.45) is 2.81. The van der Waals surface area contributed by atoms with Crippen LogP contribution in [0.3, 0.4) is 0 Å². The number of carbonyl (C=O) groups excluding carboxylic acids is 1. The number of aliphatic carboxylic acids is 1. The molecule has 0 aromatic heterocycles. The fourth-order valence-electron chi connectivity index (χ4n) is 2.35. The molecule has 90 valence electrons. The zero-order valence-corrected chi connectivity index (χ0v) is 9.22. The van der Waals surface area contributed by atoms with Crippen molar-refractivity contribution in [3.63, 3.8) is 0 Å². The molecular weight excluding hydrogens is 210 g/mol. The summed E-state index contributed by atoms with van der Waals surface area (Å²) >= 11 is 0. The molecule has 0 saturated carbocycles. The van der Waals surface area contributed by atoms with Gasteiger partial charge in [0.15, 0.2) is 0 Å². The molecule has 1 N–H and O–H groups in total. The van der Waals surface area contributed by atoms with Crippen LogP contribution < -0.4 is 0 Å². The van der Waals surface area contributed by atoms with E-state index in [4.69, 9.17) is 9.84 Å². The summed E-state index contributed by atoms with van der Waals surface area (Å²) in [5, 5.41) is 8.93. The first-order valence-corrected chi connectivity index (χ1v) is 5.81. The second-order valence-electron chi connectivity index (χ2n) is 4.46. The van der Waals surface area contributed by atoms with Crippen molar-refractivity contribution in [2.75, 3.05) is 19.7 Å². The summed E-state index contributed by atoms with van der Waals surface area (Å²) in [7, 11) is 0. The zero-order chi connectivity index (χ0) is 11.5. The highest BCUT2D eigenvalue weighted by atomic mass is 16.5. The molecule has 2 saturated heterocycles. The number of rotatable bonds is 2. The third-order valence-corrected chi connectivity index (χ3v) is 3.29. The average molecular weight is 227 g/mol. The third kappa shape index (κ3) is 2.35. The van der Waals surface area contributed by atoms with Crippen molar-refractivity contribution in [1.82, 2.24) is 4.90 Å². The molecule has 0 spiro atoms. The van der Waals surface area contributed by atoms with Gasteiger partial charge in [0.1, 0.15) is 6.10 Å². The van der Waals surface area contributed by atoms with Crippen molar-refractivity contribution >= 4 is 11.9 Å². The summed E-state index contributed by atoms with van der Waals surface area (Å²) in [6, 6.07) is 0. The first-order chi connectivity index (χ1) is 7.68. The zero-order valence-electron chi connectivity index (χ0n) is 9.22. The maximum atomic E-state index is 12.0. The molecule has 2 atom stereocenters. The van der Waals surface area contributed by atoms with Gasteiger partial charge in [-0.1, -0.05) is 0 Å². The van der Waals surface area contributed by atoms with Crippen LogP contribution in [0, 0.1) is 5.92 Å². The van der Waals surface area contributed by atoms with Gasteiger partial charge in [-0.05, 0) is 25.7 Å². The van der Waals surface area contributed by atoms with E-state index < -0.39 is 11.9 Å². The van der Waals surface area contributed by atoms with E-state index >= 15 is 0 Å².